The molecule has 36 heavy (non-hydrogen) atoms. The smallest absolute Gasteiger partial charge is 0.341 e. The zero-order chi connectivity index (χ0) is 25.8. The van der Waals surface area contributed by atoms with Crippen molar-refractivity contribution < 1.29 is 36.9 Å². The molecule has 8 heteroatoms. The van der Waals surface area contributed by atoms with Gasteiger partial charge in [0.25, 0.3) is 0 Å². The van der Waals surface area contributed by atoms with Crippen molar-refractivity contribution in [3.8, 4) is 16.9 Å². The van der Waals surface area contributed by atoms with Gasteiger partial charge in [-0.15, -0.1) is 0 Å². The molecular formula is C28H26F4O4. The highest BCUT2D eigenvalue weighted by atomic mass is 19.2. The van der Waals surface area contributed by atoms with Crippen molar-refractivity contribution in [2.24, 2.45) is 0 Å². The summed E-state index contributed by atoms with van der Waals surface area (Å²) in [6.07, 6.45) is 1.11. The van der Waals surface area contributed by atoms with Gasteiger partial charge in [0.2, 0.25) is 5.82 Å². The normalized spacial score (nSPS) is 17.6. The molecule has 1 aliphatic carbocycles. The first-order valence-corrected chi connectivity index (χ1v) is 11.8. The molecule has 0 heterocycles. The van der Waals surface area contributed by atoms with Crippen molar-refractivity contribution in [1.82, 2.24) is 0 Å². The average Bonchev–Trinajstić information content (AvgIpc) is 2.89. The van der Waals surface area contributed by atoms with Gasteiger partial charge in [-0.2, -0.15) is 4.39 Å². The molecule has 190 valence electrons. The van der Waals surface area contributed by atoms with Gasteiger partial charge in [-0.05, 0) is 67.3 Å². The molecule has 4 nitrogen and oxygen atoms in total. The van der Waals surface area contributed by atoms with E-state index in [1.165, 1.54) is 24.3 Å². The predicted octanol–water partition coefficient (Wildman–Crippen LogP) is 6.68. The van der Waals surface area contributed by atoms with E-state index in [2.05, 4.69) is 0 Å². The Morgan fingerprint density at radius 1 is 0.861 bits per heavy atom. The second-order valence-electron chi connectivity index (χ2n) is 8.74. The van der Waals surface area contributed by atoms with Crippen LogP contribution in [0.3, 0.4) is 0 Å². The third kappa shape index (κ3) is 5.23. The van der Waals surface area contributed by atoms with Crippen LogP contribution in [-0.4, -0.2) is 23.8 Å². The van der Waals surface area contributed by atoms with Crippen LogP contribution >= 0.6 is 0 Å². The molecule has 3 aromatic carbocycles. The second-order valence-corrected chi connectivity index (χ2v) is 8.74. The SMILES string of the molecule is CCOc1ccc(C2CCC(OC(=O)c3ccc(-c4ccc(CO)cc4)c(F)c3F)CC2)c(F)c1F. The number of esters is 1. The third-order valence-electron chi connectivity index (χ3n) is 6.51. The molecule has 0 amide bonds. The fraction of sp³-hybridized carbons (Fsp3) is 0.321. The fourth-order valence-corrected chi connectivity index (χ4v) is 4.56. The van der Waals surface area contributed by atoms with E-state index in [-0.39, 0.29) is 36.0 Å². The number of aliphatic hydroxyl groups is 1. The van der Waals surface area contributed by atoms with Gasteiger partial charge in [0, 0.05) is 5.56 Å². The van der Waals surface area contributed by atoms with Gasteiger partial charge in [-0.3, -0.25) is 0 Å². The summed E-state index contributed by atoms with van der Waals surface area (Å²) in [5.74, 6) is -5.80. The number of hydrogen-bond donors (Lipinski definition) is 1. The molecule has 0 spiro atoms. The van der Waals surface area contributed by atoms with Gasteiger partial charge in [-0.1, -0.05) is 36.4 Å². The Hall–Kier alpha value is -3.39. The van der Waals surface area contributed by atoms with Crippen LogP contribution in [0.4, 0.5) is 17.6 Å². The van der Waals surface area contributed by atoms with E-state index in [4.69, 9.17) is 14.6 Å². The minimum atomic E-state index is -1.30. The number of hydrogen-bond acceptors (Lipinski definition) is 4. The highest BCUT2D eigenvalue weighted by Gasteiger charge is 2.30. The molecule has 1 N–H and O–H groups in total. The molecule has 1 fully saturated rings. The van der Waals surface area contributed by atoms with Crippen LogP contribution in [-0.2, 0) is 11.3 Å². The van der Waals surface area contributed by atoms with Crippen LogP contribution in [0, 0.1) is 23.3 Å². The van der Waals surface area contributed by atoms with Crippen molar-refractivity contribution in [2.45, 2.75) is 51.2 Å². The molecule has 0 radical (unpaired) electrons. The lowest BCUT2D eigenvalue weighted by atomic mass is 9.82. The highest BCUT2D eigenvalue weighted by Crippen LogP contribution is 2.38. The van der Waals surface area contributed by atoms with E-state index >= 15 is 0 Å². The highest BCUT2D eigenvalue weighted by molar-refractivity contribution is 5.90. The minimum Gasteiger partial charge on any atom is -0.491 e. The number of benzene rings is 3. The summed E-state index contributed by atoms with van der Waals surface area (Å²) in [7, 11) is 0. The quantitative estimate of drug-likeness (QED) is 0.289. The average molecular weight is 503 g/mol. The zero-order valence-electron chi connectivity index (χ0n) is 19.7. The van der Waals surface area contributed by atoms with Crippen molar-refractivity contribution in [2.75, 3.05) is 6.61 Å². The van der Waals surface area contributed by atoms with Gasteiger partial charge >= 0.3 is 5.97 Å². The van der Waals surface area contributed by atoms with Crippen LogP contribution in [0.1, 0.15) is 60.0 Å². The number of rotatable bonds is 7. The molecule has 1 aliphatic rings. The largest absolute Gasteiger partial charge is 0.491 e. The monoisotopic (exact) mass is 502 g/mol. The second kappa shape index (κ2) is 11.1. The Balaban J connectivity index is 1.41. The van der Waals surface area contributed by atoms with Crippen LogP contribution in [0.15, 0.2) is 48.5 Å². The van der Waals surface area contributed by atoms with Crippen LogP contribution in [0.2, 0.25) is 0 Å². The molecule has 0 saturated heterocycles. The van der Waals surface area contributed by atoms with Gasteiger partial charge in [0.15, 0.2) is 23.2 Å². The maximum absolute atomic E-state index is 14.7. The summed E-state index contributed by atoms with van der Waals surface area (Å²) in [5.41, 5.74) is 0.754. The number of carbonyl (C=O) groups is 1. The summed E-state index contributed by atoms with van der Waals surface area (Å²) in [4.78, 5) is 12.6. The van der Waals surface area contributed by atoms with Gasteiger partial charge in [0.1, 0.15) is 6.10 Å². The van der Waals surface area contributed by atoms with Crippen LogP contribution in [0.25, 0.3) is 11.1 Å². The van der Waals surface area contributed by atoms with Crippen LogP contribution < -0.4 is 4.74 Å². The first kappa shape index (κ1) is 25.7. The van der Waals surface area contributed by atoms with Crippen molar-refractivity contribution in [1.29, 1.82) is 0 Å². The lowest BCUT2D eigenvalue weighted by Crippen LogP contribution is -2.25. The van der Waals surface area contributed by atoms with Crippen molar-refractivity contribution in [3.63, 3.8) is 0 Å². The van der Waals surface area contributed by atoms with Gasteiger partial charge < -0.3 is 14.6 Å². The molecule has 1 saturated carbocycles. The molecular weight excluding hydrogens is 476 g/mol. The molecule has 3 aromatic rings. The maximum atomic E-state index is 14.7. The molecule has 0 atom stereocenters. The lowest BCUT2D eigenvalue weighted by Gasteiger charge is -2.29. The first-order chi connectivity index (χ1) is 17.3. The van der Waals surface area contributed by atoms with E-state index in [0.29, 0.717) is 36.8 Å². The van der Waals surface area contributed by atoms with E-state index in [0.717, 1.165) is 0 Å². The third-order valence-corrected chi connectivity index (χ3v) is 6.51. The van der Waals surface area contributed by atoms with Gasteiger partial charge in [-0.25, -0.2) is 18.0 Å². The Morgan fingerprint density at radius 3 is 2.19 bits per heavy atom. The van der Waals surface area contributed by atoms with Gasteiger partial charge in [0.05, 0.1) is 18.8 Å². The number of aliphatic hydroxyl groups excluding tert-OH is 1. The maximum Gasteiger partial charge on any atom is 0.341 e. The fourth-order valence-electron chi connectivity index (χ4n) is 4.56. The number of ether oxygens (including phenoxy) is 2. The standard InChI is InChI=1S/C28H26F4O4/c1-2-35-23-14-13-21(25(30)27(23)32)18-7-9-19(10-8-18)36-28(34)22-12-11-20(24(29)26(22)31)17-5-3-16(15-33)4-6-17/h3-6,11-14,18-19,33H,2,7-10,15H2,1H3. The van der Waals surface area contributed by atoms with E-state index in [1.54, 1.807) is 31.2 Å². The lowest BCUT2D eigenvalue weighted by molar-refractivity contribution is 0.0188. The Morgan fingerprint density at radius 2 is 1.56 bits per heavy atom. The summed E-state index contributed by atoms with van der Waals surface area (Å²) in [6, 6.07) is 11.7. The predicted molar refractivity (Wildman–Crippen MR) is 126 cm³/mol. The molecule has 0 aliphatic heterocycles. The summed E-state index contributed by atoms with van der Waals surface area (Å²) in [5, 5.41) is 9.13. The topological polar surface area (TPSA) is 55.8 Å². The minimum absolute atomic E-state index is 0.0151. The van der Waals surface area contributed by atoms with E-state index < -0.39 is 40.9 Å². The molecule has 0 unspecified atom stereocenters. The Labute approximate surface area is 206 Å². The van der Waals surface area contributed by atoms with Crippen molar-refractivity contribution >= 4 is 5.97 Å². The Bertz CT molecular complexity index is 1240. The zero-order valence-corrected chi connectivity index (χ0v) is 19.7. The summed E-state index contributed by atoms with van der Waals surface area (Å²) in [6.45, 7) is 1.73. The molecule has 0 bridgehead atoms. The van der Waals surface area contributed by atoms with Crippen molar-refractivity contribution in [3.05, 3.63) is 88.5 Å². The molecule has 4 rings (SSSR count). The summed E-state index contributed by atoms with van der Waals surface area (Å²) >= 11 is 0. The summed E-state index contributed by atoms with van der Waals surface area (Å²) < 4.78 is 68.8. The Kier molecular flexibility index (Phi) is 7.94. The number of halogens is 4. The first-order valence-electron chi connectivity index (χ1n) is 11.8. The van der Waals surface area contributed by atoms with E-state index in [9.17, 15) is 22.4 Å². The van der Waals surface area contributed by atoms with Crippen LogP contribution in [0.5, 0.6) is 5.75 Å². The number of carbonyl (C=O) groups excluding carboxylic acids is 1. The molecule has 0 aromatic heterocycles. The van der Waals surface area contributed by atoms with E-state index in [1.807, 2.05) is 0 Å².